The molecule has 1 amide bonds. The van der Waals surface area contributed by atoms with Crippen molar-refractivity contribution in [2.24, 2.45) is 0 Å². The van der Waals surface area contributed by atoms with Gasteiger partial charge in [-0.2, -0.15) is 5.10 Å². The van der Waals surface area contributed by atoms with Crippen molar-refractivity contribution < 1.29 is 4.79 Å². The van der Waals surface area contributed by atoms with Crippen LogP contribution in [0.15, 0.2) is 30.6 Å². The summed E-state index contributed by atoms with van der Waals surface area (Å²) in [6, 6.07) is 5.43. The highest BCUT2D eigenvalue weighted by atomic mass is 35.5. The van der Waals surface area contributed by atoms with Crippen molar-refractivity contribution in [1.82, 2.24) is 20.0 Å². The van der Waals surface area contributed by atoms with E-state index < -0.39 is 0 Å². The number of nitrogens with one attached hydrogen (secondary N) is 1. The molecule has 0 aliphatic carbocycles. The number of hydrogen-bond acceptors (Lipinski definition) is 3. The smallest absolute Gasteiger partial charge is 0.257 e. The molecule has 23 heavy (non-hydrogen) atoms. The van der Waals surface area contributed by atoms with Crippen LogP contribution < -0.4 is 5.32 Å². The molecule has 1 saturated heterocycles. The van der Waals surface area contributed by atoms with Crippen LogP contribution in [0, 0.1) is 0 Å². The van der Waals surface area contributed by atoms with Crippen molar-refractivity contribution in [1.29, 1.82) is 0 Å². The average Bonchev–Trinajstić information content (AvgIpc) is 3.16. The van der Waals surface area contributed by atoms with Crippen LogP contribution >= 0.6 is 23.2 Å². The Balaban J connectivity index is 1.82. The van der Waals surface area contributed by atoms with Gasteiger partial charge < -0.3 is 10.2 Å². The van der Waals surface area contributed by atoms with Crippen molar-refractivity contribution in [2.45, 2.75) is 18.9 Å². The third-order valence-corrected chi connectivity index (χ3v) is 4.60. The minimum absolute atomic E-state index is 0.0130. The summed E-state index contributed by atoms with van der Waals surface area (Å²) in [5.41, 5.74) is 1.27. The fraction of sp³-hybridized carbons (Fsp3) is 0.375. The molecule has 1 aliphatic rings. The second-order valence-corrected chi connectivity index (χ2v) is 6.47. The molecule has 2 aromatic rings. The summed E-state index contributed by atoms with van der Waals surface area (Å²) in [5.74, 6) is 0.0130. The van der Waals surface area contributed by atoms with Crippen LogP contribution in [0.1, 0.15) is 23.2 Å². The van der Waals surface area contributed by atoms with Gasteiger partial charge in [-0.05, 0) is 38.1 Å². The zero-order valence-corrected chi connectivity index (χ0v) is 14.3. The molecule has 122 valence electrons. The maximum atomic E-state index is 12.7. The van der Waals surface area contributed by atoms with E-state index in [2.05, 4.69) is 10.4 Å². The van der Waals surface area contributed by atoms with Gasteiger partial charge in [-0.25, -0.2) is 4.68 Å². The van der Waals surface area contributed by atoms with E-state index in [4.69, 9.17) is 23.2 Å². The van der Waals surface area contributed by atoms with Crippen LogP contribution in [-0.4, -0.2) is 46.8 Å². The number of amides is 1. The van der Waals surface area contributed by atoms with Gasteiger partial charge in [0, 0.05) is 30.4 Å². The third-order valence-electron chi connectivity index (χ3n) is 4.06. The summed E-state index contributed by atoms with van der Waals surface area (Å²) < 4.78 is 1.61. The number of nitrogens with zero attached hydrogens (tertiary/aromatic N) is 3. The number of likely N-dealkylation sites (tertiary alicyclic amines) is 1. The molecule has 0 bridgehead atoms. The molecule has 1 N–H and O–H groups in total. The Kier molecular flexibility index (Phi) is 4.90. The van der Waals surface area contributed by atoms with Crippen molar-refractivity contribution >= 4 is 29.1 Å². The van der Waals surface area contributed by atoms with Crippen molar-refractivity contribution in [3.05, 3.63) is 46.2 Å². The Hall–Kier alpha value is -1.56. The lowest BCUT2D eigenvalue weighted by Gasteiger charge is -2.23. The molecular formula is C16H18Cl2N4O. The molecule has 0 radical (unpaired) electrons. The molecule has 0 saturated carbocycles. The standard InChI is InChI=1S/C16H18Cl2N4O/c1-19-9-13-3-2-6-21(13)16(23)11-8-20-22(10-11)15-5-4-12(17)7-14(15)18/h4-5,7-8,10,13,19H,2-3,6,9H2,1H3/t13-/m0/s1. The number of halogens is 2. The van der Waals surface area contributed by atoms with E-state index in [1.165, 1.54) is 0 Å². The van der Waals surface area contributed by atoms with Crippen LogP contribution in [-0.2, 0) is 0 Å². The van der Waals surface area contributed by atoms with Gasteiger partial charge in [-0.15, -0.1) is 0 Å². The van der Waals surface area contributed by atoms with Gasteiger partial charge in [-0.1, -0.05) is 23.2 Å². The first kappa shape index (κ1) is 16.3. The number of likely N-dealkylation sites (N-methyl/N-ethyl adjacent to an activating group) is 1. The van der Waals surface area contributed by atoms with E-state index in [1.54, 1.807) is 35.3 Å². The SMILES string of the molecule is CNC[C@@H]1CCCN1C(=O)c1cnn(-c2ccc(Cl)cc2Cl)c1. The molecule has 1 aliphatic heterocycles. The van der Waals surface area contributed by atoms with E-state index >= 15 is 0 Å². The fourth-order valence-electron chi connectivity index (χ4n) is 2.95. The zero-order valence-electron chi connectivity index (χ0n) is 12.8. The zero-order chi connectivity index (χ0) is 16.4. The first-order valence-electron chi connectivity index (χ1n) is 7.56. The van der Waals surface area contributed by atoms with Crippen LogP contribution in [0.4, 0.5) is 0 Å². The fourth-order valence-corrected chi connectivity index (χ4v) is 3.44. The van der Waals surface area contributed by atoms with Crippen molar-refractivity contribution in [3.63, 3.8) is 0 Å². The maximum absolute atomic E-state index is 12.7. The number of rotatable bonds is 4. The van der Waals surface area contributed by atoms with Crippen molar-refractivity contribution in [3.8, 4) is 5.69 Å². The Morgan fingerprint density at radius 2 is 2.26 bits per heavy atom. The van der Waals surface area contributed by atoms with E-state index in [9.17, 15) is 4.79 Å². The Bertz CT molecular complexity index is 716. The van der Waals surface area contributed by atoms with Crippen LogP contribution in [0.3, 0.4) is 0 Å². The van der Waals surface area contributed by atoms with Gasteiger partial charge in [0.1, 0.15) is 0 Å². The Labute approximate surface area is 145 Å². The molecule has 1 atom stereocenters. The molecule has 0 spiro atoms. The first-order valence-corrected chi connectivity index (χ1v) is 8.31. The predicted octanol–water partition coefficient (Wildman–Crippen LogP) is 3.00. The molecule has 7 heteroatoms. The minimum atomic E-state index is 0.0130. The van der Waals surface area contributed by atoms with Gasteiger partial charge in [0.2, 0.25) is 0 Å². The predicted molar refractivity (Wildman–Crippen MR) is 91.6 cm³/mol. The highest BCUT2D eigenvalue weighted by Gasteiger charge is 2.29. The molecule has 2 heterocycles. The number of hydrogen-bond donors (Lipinski definition) is 1. The van der Waals surface area contributed by atoms with Crippen LogP contribution in [0.5, 0.6) is 0 Å². The average molecular weight is 353 g/mol. The Morgan fingerprint density at radius 3 is 3.00 bits per heavy atom. The molecule has 1 aromatic heterocycles. The Morgan fingerprint density at radius 1 is 1.43 bits per heavy atom. The van der Waals surface area contributed by atoms with Gasteiger partial charge in [-0.3, -0.25) is 4.79 Å². The van der Waals surface area contributed by atoms with Crippen molar-refractivity contribution in [2.75, 3.05) is 20.1 Å². The summed E-state index contributed by atoms with van der Waals surface area (Å²) >= 11 is 12.1. The summed E-state index contributed by atoms with van der Waals surface area (Å²) in [6.07, 6.45) is 5.37. The molecule has 5 nitrogen and oxygen atoms in total. The highest BCUT2D eigenvalue weighted by molar-refractivity contribution is 6.35. The molecule has 0 unspecified atom stereocenters. The second-order valence-electron chi connectivity index (χ2n) is 5.62. The topological polar surface area (TPSA) is 50.2 Å². The van der Waals surface area contributed by atoms with Gasteiger partial charge in [0.25, 0.3) is 5.91 Å². The lowest BCUT2D eigenvalue weighted by molar-refractivity contribution is 0.0737. The van der Waals surface area contributed by atoms with Gasteiger partial charge in [0.05, 0.1) is 22.5 Å². The third kappa shape index (κ3) is 3.37. The molecular weight excluding hydrogens is 335 g/mol. The molecule has 1 fully saturated rings. The van der Waals surface area contributed by atoms with Crippen LogP contribution in [0.2, 0.25) is 10.0 Å². The van der Waals surface area contributed by atoms with E-state index in [0.29, 0.717) is 21.3 Å². The monoisotopic (exact) mass is 352 g/mol. The first-order chi connectivity index (χ1) is 11.1. The molecule has 1 aromatic carbocycles. The number of aromatic nitrogens is 2. The van der Waals surface area contributed by atoms with E-state index in [0.717, 1.165) is 25.9 Å². The maximum Gasteiger partial charge on any atom is 0.257 e. The summed E-state index contributed by atoms with van der Waals surface area (Å²) in [7, 11) is 1.90. The summed E-state index contributed by atoms with van der Waals surface area (Å²) in [4.78, 5) is 14.6. The molecule has 3 rings (SSSR count). The second kappa shape index (κ2) is 6.91. The summed E-state index contributed by atoms with van der Waals surface area (Å²) in [6.45, 7) is 1.60. The van der Waals surface area contributed by atoms with Crippen LogP contribution in [0.25, 0.3) is 5.69 Å². The normalized spacial score (nSPS) is 17.7. The van der Waals surface area contributed by atoms with E-state index in [-0.39, 0.29) is 11.9 Å². The lowest BCUT2D eigenvalue weighted by Crippen LogP contribution is -2.40. The lowest BCUT2D eigenvalue weighted by atomic mass is 10.2. The largest absolute Gasteiger partial charge is 0.334 e. The van der Waals surface area contributed by atoms with E-state index in [1.807, 2.05) is 11.9 Å². The quantitative estimate of drug-likeness (QED) is 0.919. The number of benzene rings is 1. The number of carbonyl (C=O) groups is 1. The minimum Gasteiger partial charge on any atom is -0.334 e. The van der Waals surface area contributed by atoms with Gasteiger partial charge >= 0.3 is 0 Å². The number of carbonyl (C=O) groups excluding carboxylic acids is 1. The summed E-state index contributed by atoms with van der Waals surface area (Å²) in [5, 5.41) is 8.47. The highest BCUT2D eigenvalue weighted by Crippen LogP contribution is 2.25. The van der Waals surface area contributed by atoms with Gasteiger partial charge in [0.15, 0.2) is 0 Å².